The molecular weight excluding hydrogens is 452 g/mol. The molecule has 182 valence electrons. The summed E-state index contributed by atoms with van der Waals surface area (Å²) in [4.78, 5) is 22.2. The van der Waals surface area contributed by atoms with E-state index in [1.807, 2.05) is 6.92 Å². The van der Waals surface area contributed by atoms with Crippen LogP contribution in [0.3, 0.4) is 0 Å². The fraction of sp³-hybridized carbons (Fsp3) is 0.423. The number of rotatable bonds is 4. The van der Waals surface area contributed by atoms with Crippen molar-refractivity contribution in [1.29, 1.82) is 5.26 Å². The summed E-state index contributed by atoms with van der Waals surface area (Å²) in [7, 11) is 1.68. The van der Waals surface area contributed by atoms with Crippen LogP contribution >= 0.6 is 0 Å². The highest BCUT2D eigenvalue weighted by Gasteiger charge is 2.42. The predicted molar refractivity (Wildman–Crippen MR) is 129 cm³/mol. The van der Waals surface area contributed by atoms with Gasteiger partial charge in [-0.15, -0.1) is 0 Å². The lowest BCUT2D eigenvalue weighted by Gasteiger charge is -2.51. The summed E-state index contributed by atoms with van der Waals surface area (Å²) in [6, 6.07) is 9.53. The van der Waals surface area contributed by atoms with Crippen LogP contribution in [-0.2, 0) is 7.05 Å². The minimum Gasteiger partial charge on any atom is -0.484 e. The van der Waals surface area contributed by atoms with Crippen molar-refractivity contribution in [2.24, 2.45) is 7.05 Å². The molecule has 0 saturated carbocycles. The number of nitriles is 1. The summed E-state index contributed by atoms with van der Waals surface area (Å²) < 4.78 is 35.2. The number of nitrogens with zero attached hydrogens (tertiary/aromatic N) is 5. The smallest absolute Gasteiger partial charge is 0.295 e. The Balaban J connectivity index is 1.58. The SMILES string of the molecule is CC[C@@H]1CN2c3c(c(=O)n(C)c4ccc(C#N)nc34)OC[C@@H]2CN1[C@H](CC)c1ccc(F)c(F)c1. The van der Waals surface area contributed by atoms with Gasteiger partial charge >= 0.3 is 0 Å². The molecule has 7 nitrogen and oxygen atoms in total. The number of ether oxygens (including phenoxy) is 1. The van der Waals surface area contributed by atoms with Gasteiger partial charge in [-0.3, -0.25) is 9.69 Å². The average molecular weight is 480 g/mol. The summed E-state index contributed by atoms with van der Waals surface area (Å²) in [5.41, 5.74) is 2.63. The molecule has 1 saturated heterocycles. The van der Waals surface area contributed by atoms with Gasteiger partial charge in [0, 0.05) is 32.2 Å². The van der Waals surface area contributed by atoms with Gasteiger partial charge in [-0.25, -0.2) is 13.8 Å². The number of aryl methyl sites for hydroxylation is 1. The van der Waals surface area contributed by atoms with Crippen LogP contribution in [0.5, 0.6) is 5.75 Å². The molecular formula is C26H27F2N5O2. The van der Waals surface area contributed by atoms with E-state index in [-0.39, 0.29) is 35.1 Å². The first-order valence-electron chi connectivity index (χ1n) is 11.9. The largest absolute Gasteiger partial charge is 0.484 e. The van der Waals surface area contributed by atoms with Gasteiger partial charge in [0.2, 0.25) is 5.75 Å². The van der Waals surface area contributed by atoms with E-state index in [2.05, 4.69) is 27.8 Å². The van der Waals surface area contributed by atoms with E-state index < -0.39 is 11.6 Å². The number of benzene rings is 1. The van der Waals surface area contributed by atoms with Gasteiger partial charge in [0.05, 0.1) is 11.6 Å². The molecule has 2 aliphatic rings. The quantitative estimate of drug-likeness (QED) is 0.565. The van der Waals surface area contributed by atoms with E-state index in [0.29, 0.717) is 36.4 Å². The second-order valence-electron chi connectivity index (χ2n) is 9.19. The van der Waals surface area contributed by atoms with Gasteiger partial charge < -0.3 is 14.2 Å². The van der Waals surface area contributed by atoms with Gasteiger partial charge in [-0.2, -0.15) is 5.26 Å². The Morgan fingerprint density at radius 1 is 1.20 bits per heavy atom. The van der Waals surface area contributed by atoms with Crippen molar-refractivity contribution in [2.75, 3.05) is 24.6 Å². The number of halogens is 2. The van der Waals surface area contributed by atoms with E-state index >= 15 is 0 Å². The maximum absolute atomic E-state index is 14.1. The first-order chi connectivity index (χ1) is 16.9. The number of fused-ring (bicyclic) bond motifs is 5. The normalized spacial score (nSPS) is 20.6. The molecule has 3 aromatic rings. The van der Waals surface area contributed by atoms with E-state index in [1.165, 1.54) is 16.7 Å². The molecule has 2 aliphatic heterocycles. The van der Waals surface area contributed by atoms with Crippen molar-refractivity contribution in [3.8, 4) is 11.8 Å². The number of piperazine rings is 1. The second-order valence-corrected chi connectivity index (χ2v) is 9.19. The van der Waals surface area contributed by atoms with Crippen LogP contribution in [0.1, 0.15) is 44.0 Å². The molecule has 1 aromatic carbocycles. The molecule has 5 rings (SSSR count). The van der Waals surface area contributed by atoms with Gasteiger partial charge in [0.25, 0.3) is 5.56 Å². The molecule has 3 atom stereocenters. The Morgan fingerprint density at radius 2 is 2.00 bits per heavy atom. The highest BCUT2D eigenvalue weighted by atomic mass is 19.2. The first-order valence-corrected chi connectivity index (χ1v) is 11.9. The minimum atomic E-state index is -0.851. The minimum absolute atomic E-state index is 0.0625. The Bertz CT molecular complexity index is 1400. The van der Waals surface area contributed by atoms with Crippen molar-refractivity contribution in [2.45, 2.75) is 44.8 Å². The third-order valence-corrected chi connectivity index (χ3v) is 7.32. The fourth-order valence-corrected chi connectivity index (χ4v) is 5.52. The summed E-state index contributed by atoms with van der Waals surface area (Å²) >= 11 is 0. The fourth-order valence-electron chi connectivity index (χ4n) is 5.52. The van der Waals surface area contributed by atoms with Crippen molar-refractivity contribution in [3.63, 3.8) is 0 Å². The predicted octanol–water partition coefficient (Wildman–Crippen LogP) is 3.90. The van der Waals surface area contributed by atoms with Crippen LogP contribution in [0.25, 0.3) is 11.0 Å². The van der Waals surface area contributed by atoms with E-state index in [9.17, 15) is 18.8 Å². The molecule has 0 radical (unpaired) electrons. The molecule has 0 unspecified atom stereocenters. The zero-order chi connectivity index (χ0) is 24.9. The molecule has 35 heavy (non-hydrogen) atoms. The van der Waals surface area contributed by atoms with Crippen molar-refractivity contribution in [3.05, 3.63) is 63.6 Å². The van der Waals surface area contributed by atoms with Crippen molar-refractivity contribution in [1.82, 2.24) is 14.5 Å². The molecule has 0 amide bonds. The molecule has 0 aliphatic carbocycles. The number of hydrogen-bond donors (Lipinski definition) is 0. The highest BCUT2D eigenvalue weighted by Crippen LogP contribution is 2.41. The van der Waals surface area contributed by atoms with E-state index in [1.54, 1.807) is 25.2 Å². The number of hydrogen-bond acceptors (Lipinski definition) is 6. The standard InChI is InChI=1S/C26H27F2N5O2/c1-4-17-12-33-18(13-32(17)21(5-2)15-6-8-19(27)20(28)10-15)14-35-25-24(33)23-22(31(3)26(25)34)9-7-16(11-29)30-23/h6-10,17-18,21H,4-5,12-14H2,1-3H3/t17-,18+,21-/m1/s1. The summed E-state index contributed by atoms with van der Waals surface area (Å²) in [5.74, 6) is -1.44. The molecule has 9 heteroatoms. The molecule has 1 fully saturated rings. The molecule has 4 heterocycles. The Morgan fingerprint density at radius 3 is 2.69 bits per heavy atom. The average Bonchev–Trinajstić information content (AvgIpc) is 2.88. The third kappa shape index (κ3) is 3.73. The number of aromatic nitrogens is 2. The van der Waals surface area contributed by atoms with Crippen LogP contribution in [0, 0.1) is 23.0 Å². The van der Waals surface area contributed by atoms with Crippen molar-refractivity contribution < 1.29 is 13.5 Å². The summed E-state index contributed by atoms with van der Waals surface area (Å²) in [6.07, 6.45) is 1.57. The maximum atomic E-state index is 14.1. The monoisotopic (exact) mass is 479 g/mol. The number of anilines is 1. The Kier molecular flexibility index (Phi) is 5.93. The van der Waals surface area contributed by atoms with Gasteiger partial charge in [0.15, 0.2) is 11.6 Å². The van der Waals surface area contributed by atoms with Crippen LogP contribution in [0.15, 0.2) is 35.1 Å². The maximum Gasteiger partial charge on any atom is 0.295 e. The van der Waals surface area contributed by atoms with Crippen LogP contribution < -0.4 is 15.2 Å². The summed E-state index contributed by atoms with van der Waals surface area (Å²) in [5, 5.41) is 9.42. The molecule has 2 aromatic heterocycles. The van der Waals surface area contributed by atoms with E-state index in [4.69, 9.17) is 4.74 Å². The Hall–Kier alpha value is -3.51. The molecule has 0 bridgehead atoms. The van der Waals surface area contributed by atoms with Crippen LogP contribution in [0.2, 0.25) is 0 Å². The first kappa shape index (κ1) is 23.2. The zero-order valence-corrected chi connectivity index (χ0v) is 20.0. The zero-order valence-electron chi connectivity index (χ0n) is 20.0. The van der Waals surface area contributed by atoms with Gasteiger partial charge in [0.1, 0.15) is 29.6 Å². The van der Waals surface area contributed by atoms with Crippen LogP contribution in [0.4, 0.5) is 14.5 Å². The molecule has 0 N–H and O–H groups in total. The lowest BCUT2D eigenvalue weighted by Crippen LogP contribution is -2.62. The van der Waals surface area contributed by atoms with Gasteiger partial charge in [-0.1, -0.05) is 19.9 Å². The Labute approximate surface area is 202 Å². The number of pyridine rings is 2. The highest BCUT2D eigenvalue weighted by molar-refractivity contribution is 5.93. The lowest BCUT2D eigenvalue weighted by molar-refractivity contribution is 0.0718. The second kappa shape index (κ2) is 8.93. The topological polar surface area (TPSA) is 74.4 Å². The van der Waals surface area contributed by atoms with Crippen LogP contribution in [-0.4, -0.2) is 46.2 Å². The molecule has 0 spiro atoms. The third-order valence-electron chi connectivity index (χ3n) is 7.32. The van der Waals surface area contributed by atoms with E-state index in [0.717, 1.165) is 18.4 Å². The lowest BCUT2D eigenvalue weighted by atomic mass is 9.94. The summed E-state index contributed by atoms with van der Waals surface area (Å²) in [6.45, 7) is 5.73. The van der Waals surface area contributed by atoms with Crippen molar-refractivity contribution >= 4 is 16.7 Å². The van der Waals surface area contributed by atoms with Gasteiger partial charge in [-0.05, 0) is 42.7 Å².